The second kappa shape index (κ2) is 3.77. The molecule has 0 aliphatic heterocycles. The van der Waals surface area contributed by atoms with Crippen LogP contribution in [0.1, 0.15) is 5.82 Å². The van der Waals surface area contributed by atoms with Crippen LogP contribution >= 0.6 is 23.2 Å². The average molecular weight is 230 g/mol. The van der Waals surface area contributed by atoms with E-state index in [-0.39, 0.29) is 0 Å². The maximum Gasteiger partial charge on any atom is 0.121 e. The first-order valence-corrected chi connectivity index (χ1v) is 4.94. The van der Waals surface area contributed by atoms with Gasteiger partial charge in [-0.1, -0.05) is 23.2 Å². The lowest BCUT2D eigenvalue weighted by Crippen LogP contribution is -2.06. The summed E-state index contributed by atoms with van der Waals surface area (Å²) in [5, 5.41) is 4.20. The summed E-state index contributed by atoms with van der Waals surface area (Å²) in [5.74, 6) is 0.853. The summed E-state index contributed by atoms with van der Waals surface area (Å²) >= 11 is 11.9. The van der Waals surface area contributed by atoms with Crippen LogP contribution in [0.3, 0.4) is 0 Å². The maximum absolute atomic E-state index is 5.99. The molecule has 1 aromatic heterocycles. The maximum atomic E-state index is 5.99. The molecule has 0 unspecified atom stereocenters. The number of halogens is 2. The van der Waals surface area contributed by atoms with E-state index < -0.39 is 0 Å². The summed E-state index contributed by atoms with van der Waals surface area (Å²) in [6.45, 7) is 0.683. The number of fused-ring (bicyclic) bond motifs is 1. The molecule has 2 rings (SSSR count). The van der Waals surface area contributed by atoms with Crippen molar-refractivity contribution in [3.8, 4) is 0 Å². The number of imidazole rings is 1. The Morgan fingerprint density at radius 3 is 2.93 bits per heavy atom. The zero-order valence-corrected chi connectivity index (χ0v) is 9.08. The van der Waals surface area contributed by atoms with Crippen molar-refractivity contribution in [3.05, 3.63) is 28.0 Å². The molecule has 0 saturated carbocycles. The number of hydrogen-bond acceptors (Lipinski definition) is 2. The largest absolute Gasteiger partial charge is 0.341 e. The summed E-state index contributed by atoms with van der Waals surface area (Å²) in [7, 11) is 1.86. The second-order valence-electron chi connectivity index (χ2n) is 3.00. The first-order chi connectivity index (χ1) is 6.70. The number of aromatic amines is 1. The van der Waals surface area contributed by atoms with Gasteiger partial charge in [0.2, 0.25) is 0 Å². The van der Waals surface area contributed by atoms with E-state index in [1.54, 1.807) is 6.07 Å². The van der Waals surface area contributed by atoms with Crippen molar-refractivity contribution in [2.24, 2.45) is 0 Å². The summed E-state index contributed by atoms with van der Waals surface area (Å²) in [4.78, 5) is 7.47. The standard InChI is InChI=1S/C9H9Cl2N3/c1-12-4-8-13-7-3-5(10)2-6(11)9(7)14-8/h2-3,12H,4H2,1H3,(H,13,14). The topological polar surface area (TPSA) is 40.7 Å². The van der Waals surface area contributed by atoms with Crippen molar-refractivity contribution in [1.29, 1.82) is 0 Å². The summed E-state index contributed by atoms with van der Waals surface area (Å²) in [6, 6.07) is 3.50. The van der Waals surface area contributed by atoms with Crippen molar-refractivity contribution >= 4 is 34.2 Å². The van der Waals surface area contributed by atoms with Crippen LogP contribution < -0.4 is 5.32 Å². The number of H-pyrrole nitrogens is 1. The van der Waals surface area contributed by atoms with Crippen molar-refractivity contribution in [3.63, 3.8) is 0 Å². The third kappa shape index (κ3) is 1.71. The Kier molecular flexibility index (Phi) is 2.63. The molecule has 1 heterocycles. The molecule has 74 valence electrons. The predicted octanol–water partition coefficient (Wildman–Crippen LogP) is 2.59. The van der Waals surface area contributed by atoms with E-state index in [0.717, 1.165) is 16.9 Å². The number of rotatable bonds is 2. The molecular weight excluding hydrogens is 221 g/mol. The molecule has 2 aromatic rings. The monoisotopic (exact) mass is 229 g/mol. The SMILES string of the molecule is CNCc1nc2c(Cl)cc(Cl)cc2[nH]1. The average Bonchev–Trinajstić information content (AvgIpc) is 2.48. The highest BCUT2D eigenvalue weighted by atomic mass is 35.5. The van der Waals surface area contributed by atoms with Crippen LogP contribution in [0.2, 0.25) is 10.0 Å². The van der Waals surface area contributed by atoms with E-state index >= 15 is 0 Å². The van der Waals surface area contributed by atoms with Gasteiger partial charge in [0.15, 0.2) is 0 Å². The third-order valence-electron chi connectivity index (χ3n) is 1.90. The van der Waals surface area contributed by atoms with E-state index in [1.165, 1.54) is 0 Å². The van der Waals surface area contributed by atoms with Gasteiger partial charge < -0.3 is 10.3 Å². The smallest absolute Gasteiger partial charge is 0.121 e. The first-order valence-electron chi connectivity index (χ1n) is 4.19. The molecule has 0 fully saturated rings. The van der Waals surface area contributed by atoms with Gasteiger partial charge in [-0.25, -0.2) is 4.98 Å². The molecule has 5 heteroatoms. The fourth-order valence-corrected chi connectivity index (χ4v) is 1.88. The van der Waals surface area contributed by atoms with E-state index in [2.05, 4.69) is 15.3 Å². The summed E-state index contributed by atoms with van der Waals surface area (Å²) in [5.41, 5.74) is 1.63. The van der Waals surface area contributed by atoms with Crippen LogP contribution in [0, 0.1) is 0 Å². The zero-order chi connectivity index (χ0) is 10.1. The van der Waals surface area contributed by atoms with Crippen LogP contribution in [0.5, 0.6) is 0 Å². The Balaban J connectivity index is 2.58. The normalized spacial score (nSPS) is 11.1. The molecule has 0 aliphatic carbocycles. The fraction of sp³-hybridized carbons (Fsp3) is 0.222. The number of benzene rings is 1. The molecular formula is C9H9Cl2N3. The summed E-state index contributed by atoms with van der Waals surface area (Å²) < 4.78 is 0. The zero-order valence-electron chi connectivity index (χ0n) is 7.56. The quantitative estimate of drug-likeness (QED) is 0.832. The van der Waals surface area contributed by atoms with Crippen molar-refractivity contribution < 1.29 is 0 Å². The van der Waals surface area contributed by atoms with Crippen LogP contribution in [-0.4, -0.2) is 17.0 Å². The van der Waals surface area contributed by atoms with Crippen molar-refractivity contribution in [2.45, 2.75) is 6.54 Å². The minimum Gasteiger partial charge on any atom is -0.341 e. The van der Waals surface area contributed by atoms with Gasteiger partial charge in [0, 0.05) is 5.02 Å². The Bertz CT molecular complexity index is 464. The van der Waals surface area contributed by atoms with Gasteiger partial charge in [-0.05, 0) is 19.2 Å². The van der Waals surface area contributed by atoms with Gasteiger partial charge >= 0.3 is 0 Å². The highest BCUT2D eigenvalue weighted by Crippen LogP contribution is 2.25. The fourth-order valence-electron chi connectivity index (χ4n) is 1.34. The lowest BCUT2D eigenvalue weighted by molar-refractivity contribution is 0.775. The number of nitrogens with zero attached hydrogens (tertiary/aromatic N) is 1. The second-order valence-corrected chi connectivity index (χ2v) is 3.84. The molecule has 0 radical (unpaired) electrons. The third-order valence-corrected chi connectivity index (χ3v) is 2.40. The minimum atomic E-state index is 0.575. The number of hydrogen-bond donors (Lipinski definition) is 2. The minimum absolute atomic E-state index is 0.575. The Morgan fingerprint density at radius 1 is 1.43 bits per heavy atom. The summed E-state index contributed by atoms with van der Waals surface area (Å²) in [6.07, 6.45) is 0. The van der Waals surface area contributed by atoms with Crippen molar-refractivity contribution in [1.82, 2.24) is 15.3 Å². The van der Waals surface area contributed by atoms with Crippen LogP contribution in [0.15, 0.2) is 12.1 Å². The number of aromatic nitrogens is 2. The Hall–Kier alpha value is -0.770. The Morgan fingerprint density at radius 2 is 2.21 bits per heavy atom. The van der Waals surface area contributed by atoms with Gasteiger partial charge in [0.1, 0.15) is 11.3 Å². The predicted molar refractivity (Wildman–Crippen MR) is 58.9 cm³/mol. The van der Waals surface area contributed by atoms with Crippen LogP contribution in [-0.2, 0) is 6.54 Å². The molecule has 0 atom stereocenters. The van der Waals surface area contributed by atoms with Gasteiger partial charge in [0.25, 0.3) is 0 Å². The van der Waals surface area contributed by atoms with E-state index in [4.69, 9.17) is 23.2 Å². The molecule has 2 N–H and O–H groups in total. The van der Waals surface area contributed by atoms with Crippen molar-refractivity contribution in [2.75, 3.05) is 7.05 Å². The highest BCUT2D eigenvalue weighted by molar-refractivity contribution is 6.38. The van der Waals surface area contributed by atoms with E-state index in [1.807, 2.05) is 13.1 Å². The van der Waals surface area contributed by atoms with Gasteiger partial charge in [-0.3, -0.25) is 0 Å². The molecule has 0 aliphatic rings. The Labute approximate surface area is 91.4 Å². The number of nitrogens with one attached hydrogen (secondary N) is 2. The molecule has 3 nitrogen and oxygen atoms in total. The van der Waals surface area contributed by atoms with E-state index in [9.17, 15) is 0 Å². The molecule has 14 heavy (non-hydrogen) atoms. The first kappa shape index (κ1) is 9.77. The molecule has 0 saturated heterocycles. The lowest BCUT2D eigenvalue weighted by atomic mass is 10.3. The molecule has 0 amide bonds. The van der Waals surface area contributed by atoms with Crippen LogP contribution in [0.25, 0.3) is 11.0 Å². The molecule has 0 spiro atoms. The highest BCUT2D eigenvalue weighted by Gasteiger charge is 2.06. The van der Waals surface area contributed by atoms with Gasteiger partial charge in [0.05, 0.1) is 17.1 Å². The van der Waals surface area contributed by atoms with Crippen LogP contribution in [0.4, 0.5) is 0 Å². The molecule has 1 aromatic carbocycles. The van der Waals surface area contributed by atoms with Gasteiger partial charge in [-0.15, -0.1) is 0 Å². The lowest BCUT2D eigenvalue weighted by Gasteiger charge is -1.92. The molecule has 0 bridgehead atoms. The van der Waals surface area contributed by atoms with Gasteiger partial charge in [-0.2, -0.15) is 0 Å². The van der Waals surface area contributed by atoms with E-state index in [0.29, 0.717) is 16.6 Å².